The first-order valence-electron chi connectivity index (χ1n) is 11.5. The Morgan fingerprint density at radius 2 is 1.77 bits per heavy atom. The van der Waals surface area contributed by atoms with Gasteiger partial charge in [0.05, 0.1) is 12.6 Å². The highest BCUT2D eigenvalue weighted by Crippen LogP contribution is 2.20. The number of aromatic amines is 1. The van der Waals surface area contributed by atoms with Crippen molar-refractivity contribution in [1.29, 1.82) is 0 Å². The second-order valence-electron chi connectivity index (χ2n) is 8.28. The number of nitrogens with two attached hydrogens (primary N) is 2. The van der Waals surface area contributed by atoms with Crippen LogP contribution < -0.4 is 38.3 Å². The first kappa shape index (κ1) is 30.3. The van der Waals surface area contributed by atoms with E-state index in [4.69, 9.17) is 31.9 Å². The lowest BCUT2D eigenvalue weighted by atomic mass is 10.1. The summed E-state index contributed by atoms with van der Waals surface area (Å²) in [5.74, 6) is -3.82. The summed E-state index contributed by atoms with van der Waals surface area (Å²) in [6.07, 6.45) is -0.587. The Morgan fingerprint density at radius 1 is 1.10 bits per heavy atom. The minimum absolute atomic E-state index is 0.0281. The number of rotatable bonds is 11. The molecule has 1 aromatic carbocycles. The summed E-state index contributed by atoms with van der Waals surface area (Å²) in [5, 5.41) is 45.4. The number of amides is 1. The van der Waals surface area contributed by atoms with Crippen LogP contribution in [0.5, 0.6) is 0 Å². The van der Waals surface area contributed by atoms with Crippen LogP contribution in [0.25, 0.3) is 0 Å². The number of carbonyl (C=O) groups excluding carboxylic acids is 1. The molecule has 1 aliphatic rings. The predicted molar refractivity (Wildman–Crippen MR) is 139 cm³/mol. The van der Waals surface area contributed by atoms with Crippen molar-refractivity contribution < 1.29 is 39.6 Å². The van der Waals surface area contributed by atoms with Gasteiger partial charge in [-0.2, -0.15) is 4.98 Å². The van der Waals surface area contributed by atoms with Gasteiger partial charge in [0.1, 0.15) is 17.8 Å². The Labute approximate surface area is 220 Å². The van der Waals surface area contributed by atoms with Crippen molar-refractivity contribution in [2.75, 3.05) is 41.4 Å². The Balaban J connectivity index is 0.000000673. The van der Waals surface area contributed by atoms with Crippen LogP contribution in [0.2, 0.25) is 0 Å². The van der Waals surface area contributed by atoms with Gasteiger partial charge >= 0.3 is 17.9 Å². The number of carboxylic acid groups (broad SMARTS) is 3. The Kier molecular flexibility index (Phi) is 11.0. The van der Waals surface area contributed by atoms with Gasteiger partial charge in [0.15, 0.2) is 5.82 Å². The smallest absolute Gasteiger partial charge is 0.326 e. The maximum atomic E-state index is 12.3. The van der Waals surface area contributed by atoms with Crippen molar-refractivity contribution >= 4 is 47.0 Å². The molecule has 3 atom stereocenters. The van der Waals surface area contributed by atoms with E-state index < -0.39 is 42.5 Å². The fraction of sp³-hybridized carbons (Fsp3) is 0.364. The number of fused-ring (bicyclic) bond motifs is 1. The van der Waals surface area contributed by atoms with Crippen LogP contribution in [-0.2, 0) is 14.4 Å². The van der Waals surface area contributed by atoms with Crippen LogP contribution in [0.3, 0.4) is 0 Å². The van der Waals surface area contributed by atoms with E-state index in [1.165, 1.54) is 12.1 Å². The minimum Gasteiger partial charge on any atom is -0.481 e. The zero-order chi connectivity index (χ0) is 29.1. The number of H-pyrrole nitrogens is 1. The predicted octanol–water partition coefficient (Wildman–Crippen LogP) is -1.89. The maximum Gasteiger partial charge on any atom is 0.326 e. The molecule has 0 aliphatic carbocycles. The molecule has 0 saturated heterocycles. The Hall–Kier alpha value is -4.90. The number of benzene rings is 1. The number of carboxylic acids is 3. The number of aliphatic hydroxyl groups excluding tert-OH is 1. The second-order valence-corrected chi connectivity index (χ2v) is 8.28. The monoisotopic (exact) mass is 550 g/mol. The Bertz CT molecular complexity index is 1240. The van der Waals surface area contributed by atoms with E-state index in [0.29, 0.717) is 30.3 Å². The highest BCUT2D eigenvalue weighted by Gasteiger charge is 2.23. The summed E-state index contributed by atoms with van der Waals surface area (Å²) in [5.41, 5.74) is 11.2. The van der Waals surface area contributed by atoms with Gasteiger partial charge in [-0.3, -0.25) is 24.2 Å². The van der Waals surface area contributed by atoms with Gasteiger partial charge in [-0.15, -0.1) is 0 Å². The van der Waals surface area contributed by atoms with Crippen LogP contribution in [0.15, 0.2) is 29.1 Å². The molecule has 1 unspecified atom stereocenters. The van der Waals surface area contributed by atoms with Gasteiger partial charge in [0.25, 0.3) is 11.5 Å². The number of nitrogens with zero attached hydrogens (tertiary/aromatic N) is 1. The number of aliphatic carboxylic acids is 3. The maximum absolute atomic E-state index is 12.3. The number of anilines is 4. The van der Waals surface area contributed by atoms with Crippen molar-refractivity contribution in [1.82, 2.24) is 15.3 Å². The van der Waals surface area contributed by atoms with Crippen molar-refractivity contribution in [2.24, 2.45) is 5.73 Å². The van der Waals surface area contributed by atoms with Crippen LogP contribution in [0.4, 0.5) is 23.1 Å². The number of nitrogen functional groups attached to an aromatic ring is 1. The van der Waals surface area contributed by atoms with E-state index in [2.05, 4.69) is 31.2 Å². The van der Waals surface area contributed by atoms with E-state index >= 15 is 0 Å². The molecular weight excluding hydrogens is 520 g/mol. The van der Waals surface area contributed by atoms with Crippen LogP contribution in [0.1, 0.15) is 23.2 Å². The van der Waals surface area contributed by atoms with E-state index in [1.54, 1.807) is 12.1 Å². The number of aromatic nitrogens is 2. The molecule has 3 rings (SSSR count). The van der Waals surface area contributed by atoms with Crippen molar-refractivity contribution in [3.05, 3.63) is 40.2 Å². The van der Waals surface area contributed by atoms with Crippen LogP contribution in [-0.4, -0.2) is 92.0 Å². The molecule has 0 radical (unpaired) electrons. The van der Waals surface area contributed by atoms with E-state index in [0.717, 1.165) is 0 Å². The molecular formula is C22H30N8O9. The van der Waals surface area contributed by atoms with Crippen LogP contribution >= 0.6 is 0 Å². The van der Waals surface area contributed by atoms with Crippen molar-refractivity contribution in [3.63, 3.8) is 0 Å². The molecule has 1 amide bonds. The van der Waals surface area contributed by atoms with E-state index in [-0.39, 0.29) is 36.0 Å². The van der Waals surface area contributed by atoms with Gasteiger partial charge in [-0.25, -0.2) is 4.79 Å². The molecule has 17 heteroatoms. The molecule has 212 valence electrons. The SMILES string of the molecule is N[C@@H](CO)C(=O)O.Nc1nc2c(c(=O)[nH]1)NC(CNc1ccc(C(=O)N[C@@H](CCC(=O)O)C(=O)O)cc1)CN2. The quantitative estimate of drug-likeness (QED) is 0.146. The van der Waals surface area contributed by atoms with Gasteiger partial charge < -0.3 is 53.2 Å². The van der Waals surface area contributed by atoms with E-state index in [1.807, 2.05) is 0 Å². The van der Waals surface area contributed by atoms with Crippen molar-refractivity contribution in [2.45, 2.75) is 31.0 Å². The zero-order valence-electron chi connectivity index (χ0n) is 20.5. The number of aliphatic hydroxyl groups is 1. The summed E-state index contributed by atoms with van der Waals surface area (Å²) in [6, 6.07) is 3.81. The molecule has 0 saturated carbocycles. The fourth-order valence-corrected chi connectivity index (χ4v) is 3.18. The molecule has 1 aliphatic heterocycles. The third-order valence-electron chi connectivity index (χ3n) is 5.27. The number of hydrogen-bond acceptors (Lipinski definition) is 12. The number of hydrogen-bond donors (Lipinski definition) is 11. The minimum atomic E-state index is -1.30. The molecule has 2 heterocycles. The molecule has 0 spiro atoms. The summed E-state index contributed by atoms with van der Waals surface area (Å²) < 4.78 is 0. The largest absolute Gasteiger partial charge is 0.481 e. The summed E-state index contributed by atoms with van der Waals surface area (Å²) in [4.78, 5) is 62.2. The van der Waals surface area contributed by atoms with Gasteiger partial charge in [0, 0.05) is 30.8 Å². The normalized spacial score (nSPS) is 15.1. The molecule has 1 aromatic heterocycles. The van der Waals surface area contributed by atoms with Gasteiger partial charge in [0.2, 0.25) is 5.95 Å². The first-order valence-corrected chi connectivity index (χ1v) is 11.5. The lowest BCUT2D eigenvalue weighted by Crippen LogP contribution is -2.41. The fourth-order valence-electron chi connectivity index (χ4n) is 3.18. The third-order valence-corrected chi connectivity index (χ3v) is 5.27. The average molecular weight is 551 g/mol. The summed E-state index contributed by atoms with van der Waals surface area (Å²) in [7, 11) is 0. The second kappa shape index (κ2) is 14.1. The summed E-state index contributed by atoms with van der Waals surface area (Å²) >= 11 is 0. The van der Waals surface area contributed by atoms with Crippen molar-refractivity contribution in [3.8, 4) is 0 Å². The zero-order valence-corrected chi connectivity index (χ0v) is 20.5. The summed E-state index contributed by atoms with van der Waals surface area (Å²) in [6.45, 7) is 0.455. The number of nitrogens with one attached hydrogen (secondary N) is 5. The van der Waals surface area contributed by atoms with Gasteiger partial charge in [-0.05, 0) is 30.7 Å². The Morgan fingerprint density at radius 3 is 2.31 bits per heavy atom. The number of carbonyl (C=O) groups is 4. The first-order chi connectivity index (χ1) is 18.4. The third kappa shape index (κ3) is 9.48. The topological polar surface area (TPSA) is 295 Å². The van der Waals surface area contributed by atoms with Crippen LogP contribution in [0, 0.1) is 0 Å². The highest BCUT2D eigenvalue weighted by molar-refractivity contribution is 5.97. The highest BCUT2D eigenvalue weighted by atomic mass is 16.4. The van der Waals surface area contributed by atoms with E-state index in [9.17, 15) is 24.0 Å². The molecule has 17 nitrogen and oxygen atoms in total. The molecule has 13 N–H and O–H groups in total. The lowest BCUT2D eigenvalue weighted by molar-refractivity contribution is -0.141. The lowest BCUT2D eigenvalue weighted by Gasteiger charge is -2.27. The molecule has 0 fully saturated rings. The molecule has 0 bridgehead atoms. The molecule has 2 aromatic rings. The average Bonchev–Trinajstić information content (AvgIpc) is 2.89. The standard InChI is InChI=1S/C19H23N7O6.C3H7NO3/c20-19-25-15-14(17(30)26-19)23-11(8-22-15)7-21-10-3-1-9(2-4-10)16(29)24-12(18(31)32)5-6-13(27)28;4-2(1-5)3(6)7/h1-4,11-12,21,23H,5-8H2,(H,24,29)(H,27,28)(H,31,32)(H4,20,22,25,26,30);2,5H,1,4H2,(H,6,7)/t11?,12-;2-/m00/s1. The van der Waals surface area contributed by atoms with Gasteiger partial charge in [-0.1, -0.05) is 0 Å². The molecule has 39 heavy (non-hydrogen) atoms.